The molecular formula is C15H28N2O2. The molecule has 2 aliphatic heterocycles. The van der Waals surface area contributed by atoms with Crippen LogP contribution in [0.15, 0.2) is 0 Å². The molecule has 0 aromatic heterocycles. The topological polar surface area (TPSA) is 41.6 Å². The summed E-state index contributed by atoms with van der Waals surface area (Å²) < 4.78 is 5.66. The highest BCUT2D eigenvalue weighted by atomic mass is 16.5. The zero-order valence-electron chi connectivity index (χ0n) is 12.8. The van der Waals surface area contributed by atoms with Gasteiger partial charge in [0.2, 0.25) is 5.91 Å². The van der Waals surface area contributed by atoms with Crippen LogP contribution in [0.3, 0.4) is 0 Å². The lowest BCUT2D eigenvalue weighted by atomic mass is 9.95. The predicted octanol–water partition coefficient (Wildman–Crippen LogP) is 1.64. The normalized spacial score (nSPS) is 30.1. The highest BCUT2D eigenvalue weighted by molar-refractivity contribution is 5.78. The first kappa shape index (κ1) is 14.8. The lowest BCUT2D eigenvalue weighted by molar-refractivity contribution is -0.125. The van der Waals surface area contributed by atoms with Crippen molar-refractivity contribution in [1.29, 1.82) is 0 Å². The van der Waals surface area contributed by atoms with Crippen LogP contribution in [0.2, 0.25) is 0 Å². The molecule has 0 unspecified atom stereocenters. The Kier molecular flexibility index (Phi) is 4.51. The van der Waals surface area contributed by atoms with Crippen LogP contribution < -0.4 is 5.32 Å². The van der Waals surface area contributed by atoms with Crippen LogP contribution in [-0.4, -0.2) is 48.2 Å². The van der Waals surface area contributed by atoms with E-state index in [9.17, 15) is 4.79 Å². The van der Waals surface area contributed by atoms with Crippen molar-refractivity contribution in [3.63, 3.8) is 0 Å². The summed E-state index contributed by atoms with van der Waals surface area (Å²) in [6.45, 7) is 12.4. The van der Waals surface area contributed by atoms with E-state index in [4.69, 9.17) is 4.74 Å². The molecule has 19 heavy (non-hydrogen) atoms. The molecule has 0 saturated carbocycles. The highest BCUT2D eigenvalue weighted by Crippen LogP contribution is 2.31. The number of fused-ring (bicyclic) bond motifs is 2. The largest absolute Gasteiger partial charge is 0.375 e. The number of hydrogen-bond acceptors (Lipinski definition) is 3. The number of morpholine rings is 1. The first-order chi connectivity index (χ1) is 8.90. The molecule has 1 N–H and O–H groups in total. The van der Waals surface area contributed by atoms with E-state index in [1.165, 1.54) is 0 Å². The van der Waals surface area contributed by atoms with Crippen molar-refractivity contribution in [3.8, 4) is 0 Å². The summed E-state index contributed by atoms with van der Waals surface area (Å²) in [5.74, 6) is 0.649. The molecule has 0 aromatic rings. The molecule has 4 heteroatoms. The number of ether oxygens (including phenoxy) is 1. The Morgan fingerprint density at radius 1 is 1.26 bits per heavy atom. The fourth-order valence-corrected chi connectivity index (χ4v) is 3.31. The minimum atomic E-state index is 0.0480. The molecule has 2 fully saturated rings. The van der Waals surface area contributed by atoms with E-state index in [2.05, 4.69) is 31.0 Å². The summed E-state index contributed by atoms with van der Waals surface area (Å²) in [5.41, 5.74) is 0. The second kappa shape index (κ2) is 5.80. The molecule has 2 aliphatic rings. The van der Waals surface area contributed by atoms with Crippen LogP contribution in [-0.2, 0) is 9.53 Å². The zero-order chi connectivity index (χ0) is 14.2. The van der Waals surface area contributed by atoms with Gasteiger partial charge < -0.3 is 10.1 Å². The minimum absolute atomic E-state index is 0.0480. The van der Waals surface area contributed by atoms with Crippen LogP contribution in [0.4, 0.5) is 0 Å². The second-order valence-corrected chi connectivity index (χ2v) is 6.72. The third-order valence-electron chi connectivity index (χ3n) is 4.54. The maximum atomic E-state index is 12.0. The van der Waals surface area contributed by atoms with E-state index in [0.717, 1.165) is 19.6 Å². The first-order valence-electron chi connectivity index (χ1n) is 7.57. The molecule has 4 nitrogen and oxygen atoms in total. The predicted molar refractivity (Wildman–Crippen MR) is 75.9 cm³/mol. The molecule has 2 saturated heterocycles. The molecule has 0 radical (unpaired) electrons. The molecule has 0 spiro atoms. The molecule has 1 amide bonds. The Bertz CT molecular complexity index is 330. The molecule has 2 bridgehead atoms. The fraction of sp³-hybridized carbons (Fsp3) is 0.933. The van der Waals surface area contributed by atoms with Gasteiger partial charge in [0.1, 0.15) is 0 Å². The van der Waals surface area contributed by atoms with E-state index in [-0.39, 0.29) is 17.9 Å². The van der Waals surface area contributed by atoms with E-state index in [1.807, 2.05) is 13.8 Å². The maximum Gasteiger partial charge on any atom is 0.222 e. The van der Waals surface area contributed by atoms with E-state index in [1.54, 1.807) is 0 Å². The number of carbonyl (C=O) groups is 1. The average Bonchev–Trinajstić information content (AvgIpc) is 2.96. The van der Waals surface area contributed by atoms with Crippen molar-refractivity contribution < 1.29 is 9.53 Å². The number of nitrogens with one attached hydrogen (secondary N) is 1. The quantitative estimate of drug-likeness (QED) is 0.824. The van der Waals surface area contributed by atoms with Crippen molar-refractivity contribution >= 4 is 5.91 Å². The van der Waals surface area contributed by atoms with Crippen molar-refractivity contribution in [3.05, 3.63) is 0 Å². The Morgan fingerprint density at radius 2 is 1.95 bits per heavy atom. The summed E-state index contributed by atoms with van der Waals surface area (Å²) in [6.07, 6.45) is 1.58. The van der Waals surface area contributed by atoms with E-state index in [0.29, 0.717) is 24.1 Å². The zero-order valence-corrected chi connectivity index (χ0v) is 12.8. The van der Waals surface area contributed by atoms with Gasteiger partial charge in [-0.15, -0.1) is 0 Å². The third-order valence-corrected chi connectivity index (χ3v) is 4.54. The van der Waals surface area contributed by atoms with E-state index < -0.39 is 0 Å². The maximum absolute atomic E-state index is 12.0. The monoisotopic (exact) mass is 268 g/mol. The van der Waals surface area contributed by atoms with Gasteiger partial charge in [-0.05, 0) is 19.3 Å². The van der Waals surface area contributed by atoms with Crippen molar-refractivity contribution in [2.45, 2.75) is 65.3 Å². The number of hydrogen-bond donors (Lipinski definition) is 1. The summed E-state index contributed by atoms with van der Waals surface area (Å²) in [5, 5.41) is 3.23. The molecule has 110 valence electrons. The summed E-state index contributed by atoms with van der Waals surface area (Å²) in [7, 11) is 0. The molecule has 2 heterocycles. The summed E-state index contributed by atoms with van der Waals surface area (Å²) >= 11 is 0. The van der Waals surface area contributed by atoms with Crippen LogP contribution in [0.1, 0.15) is 41.0 Å². The molecule has 2 rings (SSSR count). The smallest absolute Gasteiger partial charge is 0.222 e. The highest BCUT2D eigenvalue weighted by Gasteiger charge is 2.43. The number of rotatable bonds is 5. The number of carbonyl (C=O) groups excluding carboxylic acids is 1. The lowest BCUT2D eigenvalue weighted by Crippen LogP contribution is -2.56. The fourth-order valence-electron chi connectivity index (χ4n) is 3.31. The number of nitrogens with zero attached hydrogens (tertiary/aromatic N) is 1. The minimum Gasteiger partial charge on any atom is -0.375 e. The lowest BCUT2D eigenvalue weighted by Gasteiger charge is -2.39. The van der Waals surface area contributed by atoms with Crippen molar-refractivity contribution in [2.75, 3.05) is 13.2 Å². The van der Waals surface area contributed by atoms with Crippen LogP contribution in [0.5, 0.6) is 0 Å². The van der Waals surface area contributed by atoms with Gasteiger partial charge in [-0.2, -0.15) is 0 Å². The van der Waals surface area contributed by atoms with Gasteiger partial charge in [-0.1, -0.05) is 27.7 Å². The van der Waals surface area contributed by atoms with Crippen molar-refractivity contribution in [1.82, 2.24) is 10.2 Å². The molecule has 0 aromatic carbocycles. The van der Waals surface area contributed by atoms with Gasteiger partial charge in [-0.25, -0.2) is 0 Å². The van der Waals surface area contributed by atoms with Gasteiger partial charge in [0.25, 0.3) is 0 Å². The standard InChI is InChI=1S/C15H28N2O2/c1-9(2)14(16-15(18)10(3)4)11(5)17-7-13-6-12(17)8-19-13/h9-14H,6-8H2,1-5H3,(H,16,18)/t11-,12+,13+,14+/m0/s1. The Balaban J connectivity index is 2.00. The number of likely N-dealkylation sites (tertiary alicyclic amines) is 1. The van der Waals surface area contributed by atoms with Gasteiger partial charge >= 0.3 is 0 Å². The van der Waals surface area contributed by atoms with Crippen LogP contribution >= 0.6 is 0 Å². The van der Waals surface area contributed by atoms with E-state index >= 15 is 0 Å². The van der Waals surface area contributed by atoms with Gasteiger partial charge in [0.15, 0.2) is 0 Å². The Morgan fingerprint density at radius 3 is 2.37 bits per heavy atom. The first-order valence-corrected chi connectivity index (χ1v) is 7.57. The summed E-state index contributed by atoms with van der Waals surface area (Å²) in [4.78, 5) is 14.5. The molecule has 0 aliphatic carbocycles. The van der Waals surface area contributed by atoms with Crippen molar-refractivity contribution in [2.24, 2.45) is 11.8 Å². The van der Waals surface area contributed by atoms with Gasteiger partial charge in [0, 0.05) is 30.6 Å². The summed E-state index contributed by atoms with van der Waals surface area (Å²) in [6, 6.07) is 1.15. The number of amides is 1. The SMILES string of the molecule is CC(C)C(=O)N[C@H](C(C)C)[C@H](C)N1C[C@H]2C[C@@H]1CO2. The Labute approximate surface area is 116 Å². The van der Waals surface area contributed by atoms with Crippen LogP contribution in [0.25, 0.3) is 0 Å². The van der Waals surface area contributed by atoms with Gasteiger partial charge in [0.05, 0.1) is 12.7 Å². The molecule has 4 atom stereocenters. The third kappa shape index (κ3) is 3.11. The molecular weight excluding hydrogens is 240 g/mol. The van der Waals surface area contributed by atoms with Gasteiger partial charge in [-0.3, -0.25) is 9.69 Å². The second-order valence-electron chi connectivity index (χ2n) is 6.72. The average molecular weight is 268 g/mol. The van der Waals surface area contributed by atoms with Crippen LogP contribution in [0, 0.1) is 11.8 Å². The Hall–Kier alpha value is -0.610.